The first-order chi connectivity index (χ1) is 8.99. The van der Waals surface area contributed by atoms with Crippen LogP contribution in [-0.4, -0.2) is 6.10 Å². The molecule has 1 aromatic heterocycles. The molecule has 2 aliphatic carbocycles. The van der Waals surface area contributed by atoms with E-state index in [-0.39, 0.29) is 0 Å². The highest BCUT2D eigenvalue weighted by Gasteiger charge is 2.61. The van der Waals surface area contributed by atoms with Crippen molar-refractivity contribution in [3.05, 3.63) is 23.7 Å². The van der Waals surface area contributed by atoms with Crippen molar-refractivity contribution in [3.8, 4) is 0 Å². The van der Waals surface area contributed by atoms with Crippen LogP contribution in [0, 0.1) is 16.7 Å². The summed E-state index contributed by atoms with van der Waals surface area (Å²) in [6.45, 7) is 8.29. The number of fused-ring (bicyclic) bond motifs is 2. The normalized spacial score (nSPS) is 36.0. The minimum absolute atomic E-state index is 0.313. The van der Waals surface area contributed by atoms with Crippen LogP contribution in [0.1, 0.15) is 51.4 Å². The molecule has 3 unspecified atom stereocenters. The van der Waals surface area contributed by atoms with Crippen LogP contribution < -0.4 is 5.73 Å². The Balaban J connectivity index is 1.69. The molecule has 3 nitrogen and oxygen atoms in total. The summed E-state index contributed by atoms with van der Waals surface area (Å²) < 4.78 is 11.7. The van der Waals surface area contributed by atoms with E-state index in [0.29, 0.717) is 30.1 Å². The monoisotopic (exact) mass is 263 g/mol. The summed E-state index contributed by atoms with van der Waals surface area (Å²) in [7, 11) is 0. The van der Waals surface area contributed by atoms with Crippen LogP contribution in [0.5, 0.6) is 0 Å². The maximum atomic E-state index is 6.21. The SMILES string of the molecule is CC1(C)C2CCC1(C)C(OCc1occc1CN)C2. The second kappa shape index (κ2) is 4.35. The minimum Gasteiger partial charge on any atom is -0.467 e. The molecule has 3 heteroatoms. The molecule has 3 rings (SSSR count). The van der Waals surface area contributed by atoms with Gasteiger partial charge in [-0.2, -0.15) is 0 Å². The fourth-order valence-corrected chi connectivity index (χ4v) is 4.23. The highest BCUT2D eigenvalue weighted by atomic mass is 16.5. The molecule has 0 radical (unpaired) electrons. The summed E-state index contributed by atoms with van der Waals surface area (Å²) in [5, 5.41) is 0. The van der Waals surface area contributed by atoms with Crippen molar-refractivity contribution in [2.45, 2.75) is 59.3 Å². The largest absolute Gasteiger partial charge is 0.467 e. The van der Waals surface area contributed by atoms with Crippen molar-refractivity contribution < 1.29 is 9.15 Å². The van der Waals surface area contributed by atoms with E-state index in [1.54, 1.807) is 6.26 Å². The molecular formula is C16H25NO2. The van der Waals surface area contributed by atoms with Crippen LogP contribution in [0.4, 0.5) is 0 Å². The number of hydrogen-bond donors (Lipinski definition) is 1. The number of hydrogen-bond acceptors (Lipinski definition) is 3. The lowest BCUT2D eigenvalue weighted by Crippen LogP contribution is -2.37. The van der Waals surface area contributed by atoms with Gasteiger partial charge in [0.15, 0.2) is 0 Å². The van der Waals surface area contributed by atoms with Gasteiger partial charge in [0.25, 0.3) is 0 Å². The first-order valence-electron chi connectivity index (χ1n) is 7.36. The molecule has 1 aromatic rings. The molecule has 2 aliphatic rings. The van der Waals surface area contributed by atoms with Crippen LogP contribution in [-0.2, 0) is 17.9 Å². The third kappa shape index (κ3) is 1.78. The molecule has 2 N–H and O–H groups in total. The van der Waals surface area contributed by atoms with Gasteiger partial charge in [0, 0.05) is 12.1 Å². The van der Waals surface area contributed by atoms with Gasteiger partial charge in [-0.3, -0.25) is 0 Å². The van der Waals surface area contributed by atoms with E-state index in [1.165, 1.54) is 19.3 Å². The van der Waals surface area contributed by atoms with E-state index < -0.39 is 0 Å². The summed E-state index contributed by atoms with van der Waals surface area (Å²) in [5.41, 5.74) is 7.47. The Kier molecular flexibility index (Phi) is 3.02. The smallest absolute Gasteiger partial charge is 0.133 e. The molecule has 2 bridgehead atoms. The van der Waals surface area contributed by atoms with Crippen molar-refractivity contribution >= 4 is 0 Å². The average Bonchev–Trinajstić information content (AvgIpc) is 2.97. The van der Waals surface area contributed by atoms with Crippen molar-refractivity contribution in [3.63, 3.8) is 0 Å². The summed E-state index contributed by atoms with van der Waals surface area (Å²) in [6, 6.07) is 1.94. The number of ether oxygens (including phenoxy) is 1. The molecular weight excluding hydrogens is 238 g/mol. The summed E-state index contributed by atoms with van der Waals surface area (Å²) in [4.78, 5) is 0. The Bertz CT molecular complexity index is 465. The second-order valence-corrected chi connectivity index (χ2v) is 6.98. The Hall–Kier alpha value is -0.800. The topological polar surface area (TPSA) is 48.4 Å². The first-order valence-corrected chi connectivity index (χ1v) is 7.36. The maximum absolute atomic E-state index is 6.21. The van der Waals surface area contributed by atoms with E-state index >= 15 is 0 Å². The third-order valence-corrected chi connectivity index (χ3v) is 6.19. The van der Waals surface area contributed by atoms with Gasteiger partial charge in [0.2, 0.25) is 0 Å². The molecule has 0 amide bonds. The van der Waals surface area contributed by atoms with Gasteiger partial charge in [-0.1, -0.05) is 20.8 Å². The Morgan fingerprint density at radius 1 is 1.42 bits per heavy atom. The Morgan fingerprint density at radius 3 is 2.79 bits per heavy atom. The number of rotatable bonds is 4. The van der Waals surface area contributed by atoms with Crippen LogP contribution in [0.15, 0.2) is 16.7 Å². The molecule has 1 heterocycles. The van der Waals surface area contributed by atoms with Crippen molar-refractivity contribution in [1.29, 1.82) is 0 Å². The van der Waals surface area contributed by atoms with E-state index in [1.807, 2.05) is 6.07 Å². The van der Waals surface area contributed by atoms with Crippen LogP contribution in [0.25, 0.3) is 0 Å². The first kappa shape index (κ1) is 13.2. The lowest BCUT2D eigenvalue weighted by molar-refractivity contribution is -0.0599. The molecule has 2 fully saturated rings. The zero-order valence-electron chi connectivity index (χ0n) is 12.2. The summed E-state index contributed by atoms with van der Waals surface area (Å²) in [6.07, 6.45) is 5.90. The number of nitrogens with two attached hydrogens (primary N) is 1. The van der Waals surface area contributed by atoms with Gasteiger partial charge in [0.05, 0.1) is 12.4 Å². The van der Waals surface area contributed by atoms with Gasteiger partial charge in [-0.05, 0) is 42.1 Å². The van der Waals surface area contributed by atoms with Gasteiger partial charge in [-0.25, -0.2) is 0 Å². The highest BCUT2D eigenvalue weighted by Crippen LogP contribution is 2.66. The van der Waals surface area contributed by atoms with Gasteiger partial charge >= 0.3 is 0 Å². The van der Waals surface area contributed by atoms with Gasteiger partial charge < -0.3 is 14.9 Å². The predicted molar refractivity (Wildman–Crippen MR) is 74.4 cm³/mol. The van der Waals surface area contributed by atoms with Crippen LogP contribution in [0.2, 0.25) is 0 Å². The minimum atomic E-state index is 0.313. The molecule has 2 saturated carbocycles. The fourth-order valence-electron chi connectivity index (χ4n) is 4.23. The van der Waals surface area contributed by atoms with Gasteiger partial charge in [0.1, 0.15) is 12.4 Å². The summed E-state index contributed by atoms with van der Waals surface area (Å²) >= 11 is 0. The predicted octanol–water partition coefficient (Wildman–Crippen LogP) is 3.47. The standard InChI is InChI=1S/C16H25NO2/c1-15(2)12-4-6-16(15,3)14(8-12)19-10-13-11(9-17)5-7-18-13/h5,7,12,14H,4,6,8-10,17H2,1-3H3. The van der Waals surface area contributed by atoms with E-state index in [0.717, 1.165) is 17.2 Å². The highest BCUT2D eigenvalue weighted by molar-refractivity contribution is 5.16. The zero-order valence-corrected chi connectivity index (χ0v) is 12.2. The van der Waals surface area contributed by atoms with Gasteiger partial charge in [-0.15, -0.1) is 0 Å². The lowest BCUT2D eigenvalue weighted by Gasteiger charge is -2.38. The molecule has 0 aliphatic heterocycles. The molecule has 19 heavy (non-hydrogen) atoms. The van der Waals surface area contributed by atoms with Crippen molar-refractivity contribution in [2.24, 2.45) is 22.5 Å². The van der Waals surface area contributed by atoms with E-state index in [4.69, 9.17) is 14.9 Å². The van der Waals surface area contributed by atoms with Crippen LogP contribution >= 0.6 is 0 Å². The molecule has 0 aromatic carbocycles. The molecule has 0 spiro atoms. The average molecular weight is 263 g/mol. The van der Waals surface area contributed by atoms with Crippen molar-refractivity contribution in [1.82, 2.24) is 0 Å². The number of furan rings is 1. The van der Waals surface area contributed by atoms with Crippen molar-refractivity contribution in [2.75, 3.05) is 0 Å². The van der Waals surface area contributed by atoms with Crippen LogP contribution in [0.3, 0.4) is 0 Å². The Labute approximate surface area is 115 Å². The fraction of sp³-hybridized carbons (Fsp3) is 0.750. The maximum Gasteiger partial charge on any atom is 0.133 e. The Morgan fingerprint density at radius 2 is 2.21 bits per heavy atom. The molecule has 106 valence electrons. The van der Waals surface area contributed by atoms with E-state index in [9.17, 15) is 0 Å². The second-order valence-electron chi connectivity index (χ2n) is 6.98. The molecule has 3 atom stereocenters. The van der Waals surface area contributed by atoms with E-state index in [2.05, 4.69) is 20.8 Å². The molecule has 0 saturated heterocycles. The third-order valence-electron chi connectivity index (χ3n) is 6.19. The summed E-state index contributed by atoms with van der Waals surface area (Å²) in [5.74, 6) is 1.71. The quantitative estimate of drug-likeness (QED) is 0.905. The lowest BCUT2D eigenvalue weighted by atomic mass is 9.70. The zero-order chi connectivity index (χ0) is 13.7.